The normalized spacial score (nSPS) is 11.7. The number of pyridine rings is 1. The van der Waals surface area contributed by atoms with Crippen LogP contribution in [0.3, 0.4) is 0 Å². The van der Waals surface area contributed by atoms with Crippen LogP contribution in [0.1, 0.15) is 18.4 Å². The molecule has 0 saturated carbocycles. The zero-order chi connectivity index (χ0) is 16.0. The molecule has 114 valence electrons. The van der Waals surface area contributed by atoms with Gasteiger partial charge in [-0.1, -0.05) is 6.07 Å². The number of aryl methyl sites for hydroxylation is 1. The fourth-order valence-corrected chi connectivity index (χ4v) is 1.70. The lowest BCUT2D eigenvalue weighted by Gasteiger charge is -2.14. The Bertz CT molecular complexity index is 607. The van der Waals surface area contributed by atoms with E-state index in [-0.39, 0.29) is 24.9 Å². The third-order valence-corrected chi connectivity index (χ3v) is 2.80. The summed E-state index contributed by atoms with van der Waals surface area (Å²) in [6, 6.07) is 1.90. The first kappa shape index (κ1) is 16.4. The molecule has 0 bridgehead atoms. The second-order valence-corrected chi connectivity index (χ2v) is 4.52. The molecule has 1 atom stereocenters. The van der Waals surface area contributed by atoms with Crippen molar-refractivity contribution in [2.24, 2.45) is 0 Å². The molecule has 1 heterocycles. The van der Waals surface area contributed by atoms with E-state index in [9.17, 15) is 19.2 Å². The number of carboxylic acid groups (broad SMARTS) is 2. The van der Waals surface area contributed by atoms with Gasteiger partial charge in [0.1, 0.15) is 12.6 Å². The van der Waals surface area contributed by atoms with Crippen LogP contribution in [0.25, 0.3) is 0 Å². The number of nitrogens with zero attached hydrogens (tertiary/aromatic N) is 1. The molecule has 21 heavy (non-hydrogen) atoms. The van der Waals surface area contributed by atoms with E-state index in [0.717, 1.165) is 4.57 Å². The molecule has 0 radical (unpaired) electrons. The molecule has 0 aliphatic rings. The van der Waals surface area contributed by atoms with E-state index < -0.39 is 23.9 Å². The van der Waals surface area contributed by atoms with Crippen molar-refractivity contribution < 1.29 is 24.6 Å². The second-order valence-electron chi connectivity index (χ2n) is 4.52. The number of hydrogen-bond donors (Lipinski definition) is 3. The number of amides is 1. The molecule has 0 saturated heterocycles. The Balaban J connectivity index is 2.70. The maximum absolute atomic E-state index is 11.8. The highest BCUT2D eigenvalue weighted by Gasteiger charge is 2.21. The van der Waals surface area contributed by atoms with Crippen molar-refractivity contribution in [3.8, 4) is 0 Å². The van der Waals surface area contributed by atoms with Crippen molar-refractivity contribution in [1.29, 1.82) is 0 Å². The van der Waals surface area contributed by atoms with Crippen LogP contribution in [0.4, 0.5) is 0 Å². The van der Waals surface area contributed by atoms with E-state index in [1.54, 1.807) is 19.1 Å². The van der Waals surface area contributed by atoms with Crippen LogP contribution in [-0.2, 0) is 20.9 Å². The van der Waals surface area contributed by atoms with Crippen LogP contribution in [0.5, 0.6) is 0 Å². The number of aliphatic carboxylic acids is 2. The van der Waals surface area contributed by atoms with Crippen molar-refractivity contribution >= 4 is 17.8 Å². The molecule has 1 aromatic rings. The number of aromatic nitrogens is 1. The van der Waals surface area contributed by atoms with Crippen molar-refractivity contribution in [3.05, 3.63) is 34.2 Å². The lowest BCUT2D eigenvalue weighted by atomic mass is 10.1. The third-order valence-electron chi connectivity index (χ3n) is 2.80. The quantitative estimate of drug-likeness (QED) is 0.628. The number of nitrogens with one attached hydrogen (secondary N) is 1. The molecule has 3 N–H and O–H groups in total. The zero-order valence-electron chi connectivity index (χ0n) is 11.4. The van der Waals surface area contributed by atoms with Crippen molar-refractivity contribution in [2.45, 2.75) is 32.4 Å². The molecule has 0 aliphatic heterocycles. The maximum atomic E-state index is 11.8. The van der Waals surface area contributed by atoms with Crippen LogP contribution in [0.2, 0.25) is 0 Å². The van der Waals surface area contributed by atoms with E-state index in [1.165, 1.54) is 6.20 Å². The number of rotatable bonds is 7. The van der Waals surface area contributed by atoms with Gasteiger partial charge in [0, 0.05) is 18.2 Å². The summed E-state index contributed by atoms with van der Waals surface area (Å²) >= 11 is 0. The summed E-state index contributed by atoms with van der Waals surface area (Å²) in [6.45, 7) is 1.28. The number of carbonyl (C=O) groups excluding carboxylic acids is 1. The summed E-state index contributed by atoms with van der Waals surface area (Å²) < 4.78 is 1.15. The molecule has 1 amide bonds. The van der Waals surface area contributed by atoms with Gasteiger partial charge in [-0.05, 0) is 19.4 Å². The van der Waals surface area contributed by atoms with E-state index in [4.69, 9.17) is 10.2 Å². The van der Waals surface area contributed by atoms with Gasteiger partial charge in [-0.2, -0.15) is 0 Å². The fraction of sp³-hybridized carbons (Fsp3) is 0.385. The van der Waals surface area contributed by atoms with Crippen molar-refractivity contribution in [3.63, 3.8) is 0 Å². The van der Waals surface area contributed by atoms with E-state index in [1.807, 2.05) is 0 Å². The van der Waals surface area contributed by atoms with Crippen LogP contribution in [0.15, 0.2) is 23.1 Å². The molecular weight excluding hydrogens is 280 g/mol. The topological polar surface area (TPSA) is 126 Å². The monoisotopic (exact) mass is 296 g/mol. The van der Waals surface area contributed by atoms with Crippen LogP contribution in [0, 0.1) is 6.92 Å². The first-order valence-corrected chi connectivity index (χ1v) is 6.21. The Hall–Kier alpha value is -2.64. The first-order valence-electron chi connectivity index (χ1n) is 6.21. The highest BCUT2D eigenvalue weighted by molar-refractivity contribution is 5.83. The van der Waals surface area contributed by atoms with Gasteiger partial charge < -0.3 is 20.1 Å². The molecule has 0 aliphatic carbocycles. The Morgan fingerprint density at radius 3 is 2.57 bits per heavy atom. The average Bonchev–Trinajstić information content (AvgIpc) is 2.39. The van der Waals surface area contributed by atoms with Crippen molar-refractivity contribution in [1.82, 2.24) is 9.88 Å². The van der Waals surface area contributed by atoms with Gasteiger partial charge in [0.15, 0.2) is 0 Å². The second kappa shape index (κ2) is 7.22. The van der Waals surface area contributed by atoms with Crippen molar-refractivity contribution in [2.75, 3.05) is 0 Å². The van der Waals surface area contributed by atoms with E-state index >= 15 is 0 Å². The minimum absolute atomic E-state index is 0.223. The van der Waals surface area contributed by atoms with Gasteiger partial charge in [0.05, 0.1) is 0 Å². The summed E-state index contributed by atoms with van der Waals surface area (Å²) in [5.74, 6) is -3.13. The summed E-state index contributed by atoms with van der Waals surface area (Å²) in [7, 11) is 0. The molecule has 0 fully saturated rings. The smallest absolute Gasteiger partial charge is 0.326 e. The third kappa shape index (κ3) is 5.09. The van der Waals surface area contributed by atoms with Gasteiger partial charge >= 0.3 is 11.9 Å². The molecule has 1 unspecified atom stereocenters. The zero-order valence-corrected chi connectivity index (χ0v) is 11.4. The fourth-order valence-electron chi connectivity index (χ4n) is 1.70. The lowest BCUT2D eigenvalue weighted by Crippen LogP contribution is -2.43. The summed E-state index contributed by atoms with van der Waals surface area (Å²) in [5, 5.41) is 19.7. The Kier molecular flexibility index (Phi) is 5.65. The van der Waals surface area contributed by atoms with Gasteiger partial charge in [0.2, 0.25) is 5.91 Å². The Morgan fingerprint density at radius 2 is 2.00 bits per heavy atom. The summed E-state index contributed by atoms with van der Waals surface area (Å²) in [5.41, 5.74) is 0.121. The van der Waals surface area contributed by atoms with Crippen LogP contribution >= 0.6 is 0 Å². The highest BCUT2D eigenvalue weighted by Crippen LogP contribution is 1.98. The van der Waals surface area contributed by atoms with Crippen LogP contribution in [-0.4, -0.2) is 38.7 Å². The Morgan fingerprint density at radius 1 is 1.33 bits per heavy atom. The molecule has 8 heteroatoms. The standard InChI is InChI=1S/C13H16N2O6/c1-8-3-2-6-15(12(8)19)7-10(16)14-9(13(20)21)4-5-11(17)18/h2-3,6,9H,4-5,7H2,1H3,(H,14,16)(H,17,18)(H,20,21). The highest BCUT2D eigenvalue weighted by atomic mass is 16.4. The van der Waals surface area contributed by atoms with Gasteiger partial charge in [-0.25, -0.2) is 4.79 Å². The molecule has 8 nitrogen and oxygen atoms in total. The first-order chi connectivity index (χ1) is 9.81. The number of carboxylic acids is 2. The molecule has 0 spiro atoms. The molecular formula is C13H16N2O6. The van der Waals surface area contributed by atoms with E-state index in [2.05, 4.69) is 5.32 Å². The Labute approximate surface area is 120 Å². The minimum Gasteiger partial charge on any atom is -0.481 e. The SMILES string of the molecule is Cc1cccn(CC(=O)NC(CCC(=O)O)C(=O)O)c1=O. The lowest BCUT2D eigenvalue weighted by molar-refractivity contribution is -0.143. The molecule has 1 aromatic heterocycles. The summed E-state index contributed by atoms with van der Waals surface area (Å²) in [6.07, 6.45) is 0.822. The largest absolute Gasteiger partial charge is 0.481 e. The predicted molar refractivity (Wildman–Crippen MR) is 71.9 cm³/mol. The number of carbonyl (C=O) groups is 3. The predicted octanol–water partition coefficient (Wildman–Crippen LogP) is -0.409. The van der Waals surface area contributed by atoms with Gasteiger partial charge in [-0.15, -0.1) is 0 Å². The molecule has 1 rings (SSSR count). The van der Waals surface area contributed by atoms with Gasteiger partial charge in [0.25, 0.3) is 5.56 Å². The number of hydrogen-bond acceptors (Lipinski definition) is 4. The van der Waals surface area contributed by atoms with Crippen LogP contribution < -0.4 is 10.9 Å². The minimum atomic E-state index is -1.32. The maximum Gasteiger partial charge on any atom is 0.326 e. The van der Waals surface area contributed by atoms with Gasteiger partial charge in [-0.3, -0.25) is 14.4 Å². The molecule has 0 aromatic carbocycles. The van der Waals surface area contributed by atoms with E-state index in [0.29, 0.717) is 5.56 Å². The summed E-state index contributed by atoms with van der Waals surface area (Å²) in [4.78, 5) is 44.9. The average molecular weight is 296 g/mol.